The van der Waals surface area contributed by atoms with Crippen molar-refractivity contribution in [2.45, 2.75) is 33.2 Å². The Labute approximate surface area is 200 Å². The van der Waals surface area contributed by atoms with Gasteiger partial charge in [-0.05, 0) is 49.6 Å². The number of anilines is 1. The molecule has 6 nitrogen and oxygen atoms in total. The third-order valence-corrected chi connectivity index (χ3v) is 5.71. The average Bonchev–Trinajstić information content (AvgIpc) is 2.86. The molecule has 0 aliphatic heterocycles. The van der Waals surface area contributed by atoms with Crippen LogP contribution in [0.5, 0.6) is 17.2 Å². The lowest BCUT2D eigenvalue weighted by atomic mass is 9.99. The lowest BCUT2D eigenvalue weighted by Crippen LogP contribution is -2.10. The number of hydrogen-bond donors (Lipinski definition) is 1. The molecular formula is C28H31N3O3. The molecule has 1 aromatic heterocycles. The molecule has 4 rings (SSSR count). The number of rotatable bonds is 9. The Hall–Kier alpha value is -3.80. The number of aromatic nitrogens is 2. The van der Waals surface area contributed by atoms with Crippen molar-refractivity contribution in [3.63, 3.8) is 0 Å². The molecule has 6 heteroatoms. The first-order valence-electron chi connectivity index (χ1n) is 11.5. The Morgan fingerprint density at radius 2 is 1.65 bits per heavy atom. The van der Waals surface area contributed by atoms with Crippen LogP contribution in [0, 0.1) is 6.92 Å². The minimum Gasteiger partial charge on any atom is -0.493 e. The van der Waals surface area contributed by atoms with E-state index in [0.717, 1.165) is 45.6 Å². The third-order valence-electron chi connectivity index (χ3n) is 5.71. The fraction of sp³-hybridized carbons (Fsp3) is 0.286. The average molecular weight is 458 g/mol. The molecule has 1 atom stereocenters. The van der Waals surface area contributed by atoms with Gasteiger partial charge in [-0.25, -0.2) is 9.97 Å². The van der Waals surface area contributed by atoms with E-state index in [2.05, 4.69) is 59.5 Å². The van der Waals surface area contributed by atoms with E-state index in [1.807, 2.05) is 37.3 Å². The van der Waals surface area contributed by atoms with Gasteiger partial charge in [0.1, 0.15) is 17.4 Å². The number of nitrogens with zero attached hydrogens (tertiary/aromatic N) is 2. The normalized spacial score (nSPS) is 11.8. The standard InChI is InChI=1S/C28H31N3O3/c1-6-14-34-25-13-8-7-12-22(25)21-11-9-10-20(15-21)18(2)29-28-23-16-26(32-4)27(33-5)17-24(23)30-19(3)31-28/h7-13,15-18H,6,14H2,1-5H3,(H,29,30,31). The fourth-order valence-corrected chi connectivity index (χ4v) is 3.99. The molecule has 0 fully saturated rings. The lowest BCUT2D eigenvalue weighted by molar-refractivity contribution is 0.318. The van der Waals surface area contributed by atoms with Crippen LogP contribution in [0.15, 0.2) is 60.7 Å². The maximum atomic E-state index is 5.98. The summed E-state index contributed by atoms with van der Waals surface area (Å²) in [7, 11) is 3.25. The molecular weight excluding hydrogens is 426 g/mol. The van der Waals surface area contributed by atoms with Gasteiger partial charge < -0.3 is 19.5 Å². The molecule has 1 heterocycles. The van der Waals surface area contributed by atoms with Crippen molar-refractivity contribution < 1.29 is 14.2 Å². The third kappa shape index (κ3) is 4.91. The monoisotopic (exact) mass is 457 g/mol. The summed E-state index contributed by atoms with van der Waals surface area (Å²) in [5, 5.41) is 4.46. The van der Waals surface area contributed by atoms with Crippen LogP contribution in [0.25, 0.3) is 22.0 Å². The second kappa shape index (κ2) is 10.4. The zero-order valence-corrected chi connectivity index (χ0v) is 20.4. The zero-order valence-electron chi connectivity index (χ0n) is 20.4. The predicted molar refractivity (Wildman–Crippen MR) is 137 cm³/mol. The van der Waals surface area contributed by atoms with Crippen LogP contribution in [0.4, 0.5) is 5.82 Å². The van der Waals surface area contributed by atoms with E-state index in [1.165, 1.54) is 0 Å². The summed E-state index contributed by atoms with van der Waals surface area (Å²) >= 11 is 0. The number of nitrogens with one attached hydrogen (secondary N) is 1. The summed E-state index contributed by atoms with van der Waals surface area (Å²) in [5.41, 5.74) is 4.15. The molecule has 0 aliphatic rings. The molecule has 34 heavy (non-hydrogen) atoms. The Balaban J connectivity index is 1.67. The van der Waals surface area contributed by atoms with E-state index < -0.39 is 0 Å². The van der Waals surface area contributed by atoms with Gasteiger partial charge in [-0.2, -0.15) is 0 Å². The molecule has 0 saturated heterocycles. The van der Waals surface area contributed by atoms with Crippen LogP contribution in [-0.2, 0) is 0 Å². The van der Waals surface area contributed by atoms with Gasteiger partial charge in [0, 0.05) is 23.1 Å². The molecule has 0 amide bonds. The molecule has 176 valence electrons. The van der Waals surface area contributed by atoms with Gasteiger partial charge in [0.05, 0.1) is 26.3 Å². The SMILES string of the molecule is CCCOc1ccccc1-c1cccc(C(C)Nc2nc(C)nc3cc(OC)c(OC)cc23)c1. The molecule has 0 radical (unpaired) electrons. The Morgan fingerprint density at radius 3 is 2.41 bits per heavy atom. The van der Waals surface area contributed by atoms with Crippen LogP contribution in [0.2, 0.25) is 0 Å². The van der Waals surface area contributed by atoms with Gasteiger partial charge in [-0.1, -0.05) is 43.3 Å². The number of hydrogen-bond acceptors (Lipinski definition) is 6. The molecule has 0 spiro atoms. The van der Waals surface area contributed by atoms with Crippen molar-refractivity contribution in [1.82, 2.24) is 9.97 Å². The second-order valence-electron chi connectivity index (χ2n) is 8.18. The number of methoxy groups -OCH3 is 2. The minimum atomic E-state index is 0.00858. The molecule has 3 aromatic carbocycles. The first-order valence-corrected chi connectivity index (χ1v) is 11.5. The Morgan fingerprint density at radius 1 is 0.882 bits per heavy atom. The van der Waals surface area contributed by atoms with Crippen molar-refractivity contribution in [1.29, 1.82) is 0 Å². The molecule has 1 N–H and O–H groups in total. The van der Waals surface area contributed by atoms with Gasteiger partial charge in [-0.15, -0.1) is 0 Å². The second-order valence-corrected chi connectivity index (χ2v) is 8.18. The summed E-state index contributed by atoms with van der Waals surface area (Å²) in [5.74, 6) is 3.63. The van der Waals surface area contributed by atoms with Crippen molar-refractivity contribution in [3.05, 3.63) is 72.1 Å². The number of fused-ring (bicyclic) bond motifs is 1. The molecule has 1 unspecified atom stereocenters. The van der Waals surface area contributed by atoms with E-state index in [4.69, 9.17) is 14.2 Å². The quantitative estimate of drug-likeness (QED) is 0.306. The van der Waals surface area contributed by atoms with E-state index in [9.17, 15) is 0 Å². The van der Waals surface area contributed by atoms with Crippen molar-refractivity contribution in [2.75, 3.05) is 26.1 Å². The Kier molecular flexibility index (Phi) is 7.16. The highest BCUT2D eigenvalue weighted by Crippen LogP contribution is 2.36. The fourth-order valence-electron chi connectivity index (χ4n) is 3.99. The van der Waals surface area contributed by atoms with E-state index in [1.54, 1.807) is 14.2 Å². The maximum absolute atomic E-state index is 5.98. The highest BCUT2D eigenvalue weighted by atomic mass is 16.5. The highest BCUT2D eigenvalue weighted by molar-refractivity contribution is 5.92. The number of ether oxygens (including phenoxy) is 3. The van der Waals surface area contributed by atoms with Crippen LogP contribution >= 0.6 is 0 Å². The van der Waals surface area contributed by atoms with Gasteiger partial charge in [0.2, 0.25) is 0 Å². The number of benzene rings is 3. The van der Waals surface area contributed by atoms with Crippen molar-refractivity contribution in [3.8, 4) is 28.4 Å². The first-order chi connectivity index (χ1) is 16.5. The predicted octanol–water partition coefficient (Wildman–Crippen LogP) is 6.58. The van der Waals surface area contributed by atoms with Gasteiger partial charge in [0.25, 0.3) is 0 Å². The van der Waals surface area contributed by atoms with Gasteiger partial charge >= 0.3 is 0 Å². The highest BCUT2D eigenvalue weighted by Gasteiger charge is 2.15. The Bertz CT molecular complexity index is 1290. The van der Waals surface area contributed by atoms with Crippen LogP contribution < -0.4 is 19.5 Å². The van der Waals surface area contributed by atoms with E-state index in [0.29, 0.717) is 23.9 Å². The summed E-state index contributed by atoms with van der Waals surface area (Å²) in [4.78, 5) is 9.28. The molecule has 0 aliphatic carbocycles. The molecule has 4 aromatic rings. The van der Waals surface area contributed by atoms with Crippen LogP contribution in [-0.4, -0.2) is 30.8 Å². The number of para-hydroxylation sites is 1. The topological polar surface area (TPSA) is 65.5 Å². The maximum Gasteiger partial charge on any atom is 0.162 e. The van der Waals surface area contributed by atoms with Gasteiger partial charge in [-0.3, -0.25) is 0 Å². The summed E-state index contributed by atoms with van der Waals surface area (Å²) in [6.07, 6.45) is 0.971. The van der Waals surface area contributed by atoms with E-state index in [-0.39, 0.29) is 6.04 Å². The summed E-state index contributed by atoms with van der Waals surface area (Å²) in [6, 6.07) is 20.5. The van der Waals surface area contributed by atoms with Crippen LogP contribution in [0.3, 0.4) is 0 Å². The largest absolute Gasteiger partial charge is 0.493 e. The van der Waals surface area contributed by atoms with Gasteiger partial charge in [0.15, 0.2) is 11.5 Å². The van der Waals surface area contributed by atoms with Crippen molar-refractivity contribution >= 4 is 16.7 Å². The minimum absolute atomic E-state index is 0.00858. The lowest BCUT2D eigenvalue weighted by Gasteiger charge is -2.19. The van der Waals surface area contributed by atoms with Crippen LogP contribution in [0.1, 0.15) is 37.7 Å². The number of aryl methyl sites for hydroxylation is 1. The van der Waals surface area contributed by atoms with Crippen molar-refractivity contribution in [2.24, 2.45) is 0 Å². The summed E-state index contributed by atoms with van der Waals surface area (Å²) < 4.78 is 16.9. The first kappa shape index (κ1) is 23.4. The zero-order chi connectivity index (χ0) is 24.1. The summed E-state index contributed by atoms with van der Waals surface area (Å²) in [6.45, 7) is 6.83. The molecule has 0 saturated carbocycles. The van der Waals surface area contributed by atoms with E-state index >= 15 is 0 Å². The molecule has 0 bridgehead atoms. The smallest absolute Gasteiger partial charge is 0.162 e.